The number of pyridine rings is 1. The van der Waals surface area contributed by atoms with E-state index in [-0.39, 0.29) is 17.8 Å². The molecule has 5 nitrogen and oxygen atoms in total. The molecule has 0 amide bonds. The Morgan fingerprint density at radius 2 is 1.89 bits per heavy atom. The molecule has 0 bridgehead atoms. The van der Waals surface area contributed by atoms with Gasteiger partial charge in [0.15, 0.2) is 0 Å². The Labute approximate surface area is 159 Å². The summed E-state index contributed by atoms with van der Waals surface area (Å²) in [5.74, 6) is 0. The molecule has 0 saturated heterocycles. The summed E-state index contributed by atoms with van der Waals surface area (Å²) in [6, 6.07) is 10.2. The summed E-state index contributed by atoms with van der Waals surface area (Å²) in [7, 11) is 3.74. The normalized spacial score (nSPS) is 18.7. The molecule has 5 heteroatoms. The lowest BCUT2D eigenvalue weighted by molar-refractivity contribution is -0.0000126. The van der Waals surface area contributed by atoms with Crippen LogP contribution in [0.1, 0.15) is 54.4 Å². The van der Waals surface area contributed by atoms with Gasteiger partial charge in [0.1, 0.15) is 6.10 Å². The number of hydrogen-bond donors (Lipinski definition) is 0. The highest BCUT2D eigenvalue weighted by molar-refractivity contribution is 5.70. The second kappa shape index (κ2) is 6.82. The molecule has 27 heavy (non-hydrogen) atoms. The van der Waals surface area contributed by atoms with Gasteiger partial charge in [-0.05, 0) is 24.5 Å². The van der Waals surface area contributed by atoms with Crippen LogP contribution < -0.4 is 5.56 Å². The zero-order chi connectivity index (χ0) is 19.1. The summed E-state index contributed by atoms with van der Waals surface area (Å²) in [5.41, 5.74) is 6.36. The highest BCUT2D eigenvalue weighted by Gasteiger charge is 2.33. The topological polar surface area (TPSA) is 49.0 Å². The monoisotopic (exact) mass is 363 g/mol. The van der Waals surface area contributed by atoms with E-state index in [1.54, 1.807) is 17.7 Å². The molecule has 0 N–H and O–H groups in total. The summed E-state index contributed by atoms with van der Waals surface area (Å²) in [6.07, 6.45) is 5.30. The maximum Gasteiger partial charge on any atom is 0.250 e. The van der Waals surface area contributed by atoms with Crippen LogP contribution in [0.5, 0.6) is 0 Å². The van der Waals surface area contributed by atoms with Crippen LogP contribution in [-0.2, 0) is 18.8 Å². The van der Waals surface area contributed by atoms with Crippen LogP contribution in [0.15, 0.2) is 47.5 Å². The van der Waals surface area contributed by atoms with Crippen LogP contribution in [0.25, 0.3) is 11.1 Å². The van der Waals surface area contributed by atoms with E-state index in [2.05, 4.69) is 43.2 Å². The lowest BCUT2D eigenvalue weighted by atomic mass is 9.96. The van der Waals surface area contributed by atoms with E-state index in [0.29, 0.717) is 0 Å². The number of fused-ring (bicyclic) bond motifs is 3. The minimum atomic E-state index is -0.225. The van der Waals surface area contributed by atoms with Crippen molar-refractivity contribution in [3.05, 3.63) is 75.5 Å². The second-order valence-electron chi connectivity index (χ2n) is 7.36. The SMILES string of the molecule is CCCC1OC(c2ccc(C)cc2)c2c(cnn2C)-c2cn(C)c(=O)cc21. The first-order valence-electron chi connectivity index (χ1n) is 9.44. The molecule has 1 aromatic carbocycles. The van der Waals surface area contributed by atoms with E-state index in [9.17, 15) is 4.79 Å². The van der Waals surface area contributed by atoms with E-state index < -0.39 is 0 Å². The Morgan fingerprint density at radius 3 is 2.59 bits per heavy atom. The van der Waals surface area contributed by atoms with Crippen LogP contribution in [0.2, 0.25) is 0 Å². The average Bonchev–Trinajstić information content (AvgIpc) is 2.97. The highest BCUT2D eigenvalue weighted by atomic mass is 16.5. The zero-order valence-electron chi connectivity index (χ0n) is 16.3. The first-order chi connectivity index (χ1) is 13.0. The fourth-order valence-corrected chi connectivity index (χ4v) is 3.87. The molecule has 0 spiro atoms. The van der Waals surface area contributed by atoms with Crippen LogP contribution >= 0.6 is 0 Å². The Hall–Kier alpha value is -2.66. The van der Waals surface area contributed by atoms with Gasteiger partial charge in [0.2, 0.25) is 0 Å². The number of ether oxygens (including phenoxy) is 1. The summed E-state index contributed by atoms with van der Waals surface area (Å²) >= 11 is 0. The van der Waals surface area contributed by atoms with Crippen LogP contribution in [0.4, 0.5) is 0 Å². The Morgan fingerprint density at radius 1 is 1.15 bits per heavy atom. The Bertz CT molecular complexity index is 1030. The van der Waals surface area contributed by atoms with Crippen LogP contribution in [0.3, 0.4) is 0 Å². The fourth-order valence-electron chi connectivity index (χ4n) is 3.87. The molecule has 3 aromatic rings. The number of aryl methyl sites for hydroxylation is 3. The molecule has 0 saturated carbocycles. The van der Waals surface area contributed by atoms with Gasteiger partial charge >= 0.3 is 0 Å². The third-order valence-electron chi connectivity index (χ3n) is 5.36. The molecule has 2 unspecified atom stereocenters. The molecule has 0 fully saturated rings. The van der Waals surface area contributed by atoms with Gasteiger partial charge in [-0.3, -0.25) is 9.48 Å². The molecular weight excluding hydrogens is 338 g/mol. The van der Waals surface area contributed by atoms with Gasteiger partial charge in [0.05, 0.1) is 18.0 Å². The molecule has 0 aliphatic carbocycles. The van der Waals surface area contributed by atoms with Gasteiger partial charge in [-0.2, -0.15) is 5.10 Å². The van der Waals surface area contributed by atoms with Crippen molar-refractivity contribution in [3.63, 3.8) is 0 Å². The zero-order valence-corrected chi connectivity index (χ0v) is 16.3. The first kappa shape index (κ1) is 17.7. The number of nitrogens with zero attached hydrogens (tertiary/aromatic N) is 3. The van der Waals surface area contributed by atoms with Crippen molar-refractivity contribution >= 4 is 0 Å². The molecule has 2 aromatic heterocycles. The quantitative estimate of drug-likeness (QED) is 0.705. The summed E-state index contributed by atoms with van der Waals surface area (Å²) in [5, 5.41) is 4.50. The minimum Gasteiger partial charge on any atom is -0.359 e. The number of rotatable bonds is 3. The summed E-state index contributed by atoms with van der Waals surface area (Å²) < 4.78 is 10.2. The van der Waals surface area contributed by atoms with Crippen molar-refractivity contribution < 1.29 is 4.74 Å². The average molecular weight is 363 g/mol. The van der Waals surface area contributed by atoms with Crippen LogP contribution in [0, 0.1) is 6.92 Å². The van der Waals surface area contributed by atoms with E-state index in [4.69, 9.17) is 4.74 Å². The molecule has 4 rings (SSSR count). The maximum absolute atomic E-state index is 12.3. The fraction of sp³-hybridized carbons (Fsp3) is 0.364. The van der Waals surface area contributed by atoms with Gasteiger partial charge < -0.3 is 9.30 Å². The van der Waals surface area contributed by atoms with Gasteiger partial charge in [0, 0.05) is 37.5 Å². The Kier molecular flexibility index (Phi) is 4.48. The predicted molar refractivity (Wildman–Crippen MR) is 106 cm³/mol. The molecule has 1 aliphatic heterocycles. The lowest BCUT2D eigenvalue weighted by Crippen LogP contribution is -2.18. The summed E-state index contributed by atoms with van der Waals surface area (Å²) in [4.78, 5) is 12.3. The number of aromatic nitrogens is 3. The van der Waals surface area contributed by atoms with Crippen molar-refractivity contribution in [3.8, 4) is 11.1 Å². The van der Waals surface area contributed by atoms with E-state index >= 15 is 0 Å². The van der Waals surface area contributed by atoms with E-state index in [1.165, 1.54) is 5.56 Å². The van der Waals surface area contributed by atoms with Crippen molar-refractivity contribution in [2.24, 2.45) is 14.1 Å². The predicted octanol–water partition coefficient (Wildman–Crippen LogP) is 4.06. The van der Waals surface area contributed by atoms with Crippen LogP contribution in [-0.4, -0.2) is 14.3 Å². The number of hydrogen-bond acceptors (Lipinski definition) is 3. The first-order valence-corrected chi connectivity index (χ1v) is 9.44. The highest BCUT2D eigenvalue weighted by Crippen LogP contribution is 2.44. The van der Waals surface area contributed by atoms with Crippen molar-refractivity contribution in [2.75, 3.05) is 0 Å². The van der Waals surface area contributed by atoms with Crippen molar-refractivity contribution in [1.82, 2.24) is 14.3 Å². The van der Waals surface area contributed by atoms with Gasteiger partial charge in [-0.1, -0.05) is 43.2 Å². The number of benzene rings is 1. The van der Waals surface area contributed by atoms with Gasteiger partial charge in [-0.25, -0.2) is 0 Å². The molecule has 140 valence electrons. The largest absolute Gasteiger partial charge is 0.359 e. The summed E-state index contributed by atoms with van der Waals surface area (Å²) in [6.45, 7) is 4.23. The van der Waals surface area contributed by atoms with Crippen molar-refractivity contribution in [2.45, 2.75) is 38.9 Å². The lowest BCUT2D eigenvalue weighted by Gasteiger charge is -2.24. The standard InChI is InChI=1S/C22H25N3O2/c1-5-6-19-16-11-20(26)24(3)13-18(16)17-12-23-25(4)21(17)22(27-19)15-9-7-14(2)8-10-15/h7-13,19,22H,5-6H2,1-4H3. The van der Waals surface area contributed by atoms with Gasteiger partial charge in [-0.15, -0.1) is 0 Å². The Balaban J connectivity index is 1.96. The molecule has 2 atom stereocenters. The maximum atomic E-state index is 12.3. The second-order valence-corrected chi connectivity index (χ2v) is 7.36. The van der Waals surface area contributed by atoms with E-state index in [0.717, 1.165) is 40.8 Å². The molecule has 3 heterocycles. The van der Waals surface area contributed by atoms with Crippen molar-refractivity contribution in [1.29, 1.82) is 0 Å². The minimum absolute atomic E-state index is 0.0160. The van der Waals surface area contributed by atoms with Gasteiger partial charge in [0.25, 0.3) is 5.56 Å². The third-order valence-corrected chi connectivity index (χ3v) is 5.36. The smallest absolute Gasteiger partial charge is 0.250 e. The third kappa shape index (κ3) is 3.02. The molecule has 1 aliphatic rings. The molecule has 0 radical (unpaired) electrons. The molecular formula is C22H25N3O2. The van der Waals surface area contributed by atoms with E-state index in [1.807, 2.05) is 24.1 Å².